The van der Waals surface area contributed by atoms with Crippen molar-refractivity contribution in [1.29, 1.82) is 0 Å². The van der Waals surface area contributed by atoms with Gasteiger partial charge in [0.1, 0.15) is 11.6 Å². The second kappa shape index (κ2) is 4.49. The number of hydrogen-bond donors (Lipinski definition) is 0. The molecule has 82 valence electrons. The third-order valence-electron chi connectivity index (χ3n) is 2.17. The maximum atomic E-state index is 13.4. The number of carbonyl (C=O) groups excluding carboxylic acids is 1. The van der Waals surface area contributed by atoms with Crippen LogP contribution in [0.4, 0.5) is 4.39 Å². The average Bonchev–Trinajstić information content (AvgIpc) is 2.71. The highest BCUT2D eigenvalue weighted by Gasteiger charge is 2.07. The first-order chi connectivity index (χ1) is 7.69. The van der Waals surface area contributed by atoms with Crippen LogP contribution >= 0.6 is 11.6 Å². The van der Waals surface area contributed by atoms with Gasteiger partial charge >= 0.3 is 0 Å². The largest absolute Gasteiger partial charge is 0.458 e. The highest BCUT2D eigenvalue weighted by Crippen LogP contribution is 2.19. The number of hydrogen-bond acceptors (Lipinski definition) is 2. The summed E-state index contributed by atoms with van der Waals surface area (Å²) in [7, 11) is 0. The number of rotatable bonds is 3. The van der Waals surface area contributed by atoms with Gasteiger partial charge in [-0.3, -0.25) is 4.79 Å². The predicted molar refractivity (Wildman–Crippen MR) is 58.3 cm³/mol. The van der Waals surface area contributed by atoms with Crippen molar-refractivity contribution in [2.75, 3.05) is 0 Å². The van der Waals surface area contributed by atoms with Gasteiger partial charge in [-0.1, -0.05) is 11.6 Å². The maximum absolute atomic E-state index is 13.4. The Bertz CT molecular complexity index is 519. The molecule has 0 radical (unpaired) electrons. The lowest BCUT2D eigenvalue weighted by molar-refractivity contribution is 0.109. The van der Waals surface area contributed by atoms with Gasteiger partial charge in [0, 0.05) is 11.4 Å². The Morgan fingerprint density at radius 2 is 2.12 bits per heavy atom. The Kier molecular flexibility index (Phi) is 3.06. The molecular weight excluding hydrogens is 231 g/mol. The Morgan fingerprint density at radius 3 is 2.81 bits per heavy atom. The quantitative estimate of drug-likeness (QED) is 0.767. The first-order valence-electron chi connectivity index (χ1n) is 4.67. The SMILES string of the molecule is O=Cc1ccc(Cc2cc(Cl)ccc2F)o1. The molecule has 1 heterocycles. The molecule has 0 fully saturated rings. The number of benzene rings is 1. The minimum atomic E-state index is -0.339. The summed E-state index contributed by atoms with van der Waals surface area (Å²) in [5, 5.41) is 0.471. The van der Waals surface area contributed by atoms with E-state index >= 15 is 0 Å². The maximum Gasteiger partial charge on any atom is 0.185 e. The molecule has 1 aromatic heterocycles. The van der Waals surface area contributed by atoms with Crippen molar-refractivity contribution >= 4 is 17.9 Å². The van der Waals surface area contributed by atoms with Gasteiger partial charge in [0.25, 0.3) is 0 Å². The highest BCUT2D eigenvalue weighted by molar-refractivity contribution is 6.30. The first kappa shape index (κ1) is 10.9. The molecule has 2 rings (SSSR count). The van der Waals surface area contributed by atoms with Crippen molar-refractivity contribution in [2.24, 2.45) is 0 Å². The van der Waals surface area contributed by atoms with Gasteiger partial charge in [-0.15, -0.1) is 0 Å². The average molecular weight is 239 g/mol. The molecule has 2 nitrogen and oxygen atoms in total. The number of carbonyl (C=O) groups is 1. The zero-order chi connectivity index (χ0) is 11.5. The molecule has 0 bridgehead atoms. The van der Waals surface area contributed by atoms with Crippen LogP contribution in [0.3, 0.4) is 0 Å². The van der Waals surface area contributed by atoms with Crippen LogP contribution in [0.1, 0.15) is 21.9 Å². The predicted octanol–water partition coefficient (Wildman–Crippen LogP) is 3.48. The van der Waals surface area contributed by atoms with E-state index < -0.39 is 0 Å². The van der Waals surface area contributed by atoms with E-state index in [1.165, 1.54) is 12.1 Å². The molecule has 0 saturated carbocycles. The highest BCUT2D eigenvalue weighted by atomic mass is 35.5. The van der Waals surface area contributed by atoms with E-state index in [4.69, 9.17) is 16.0 Å². The van der Waals surface area contributed by atoms with E-state index in [9.17, 15) is 9.18 Å². The Labute approximate surface area is 96.6 Å². The summed E-state index contributed by atoms with van der Waals surface area (Å²) in [6, 6.07) is 7.52. The number of furan rings is 1. The smallest absolute Gasteiger partial charge is 0.185 e. The molecule has 4 heteroatoms. The third-order valence-corrected chi connectivity index (χ3v) is 2.41. The van der Waals surface area contributed by atoms with Crippen LogP contribution in [0.15, 0.2) is 34.7 Å². The molecule has 0 unspecified atom stereocenters. The Hall–Kier alpha value is -1.61. The normalized spacial score (nSPS) is 10.4. The molecule has 0 N–H and O–H groups in total. The zero-order valence-electron chi connectivity index (χ0n) is 8.24. The lowest BCUT2D eigenvalue weighted by Gasteiger charge is -2.01. The van der Waals surface area contributed by atoms with Gasteiger partial charge in [0.05, 0.1) is 0 Å². The van der Waals surface area contributed by atoms with Crippen molar-refractivity contribution in [3.63, 3.8) is 0 Å². The Morgan fingerprint density at radius 1 is 1.31 bits per heavy atom. The molecule has 0 aliphatic heterocycles. The molecule has 16 heavy (non-hydrogen) atoms. The van der Waals surface area contributed by atoms with Crippen molar-refractivity contribution in [2.45, 2.75) is 6.42 Å². The minimum Gasteiger partial charge on any atom is -0.458 e. The summed E-state index contributed by atoms with van der Waals surface area (Å²) in [6.07, 6.45) is 0.887. The van der Waals surface area contributed by atoms with Crippen molar-refractivity contribution in [3.05, 3.63) is 58.3 Å². The Balaban J connectivity index is 2.26. The summed E-state index contributed by atoms with van der Waals surface area (Å²) in [4.78, 5) is 10.4. The number of halogens is 2. The van der Waals surface area contributed by atoms with E-state index in [0.29, 0.717) is 22.6 Å². The summed E-state index contributed by atoms with van der Waals surface area (Å²) >= 11 is 5.76. The van der Waals surface area contributed by atoms with Crippen LogP contribution in [0.5, 0.6) is 0 Å². The van der Waals surface area contributed by atoms with E-state index in [1.54, 1.807) is 18.2 Å². The molecule has 1 aromatic carbocycles. The third kappa shape index (κ3) is 2.31. The van der Waals surface area contributed by atoms with Gasteiger partial charge in [0.15, 0.2) is 12.0 Å². The van der Waals surface area contributed by atoms with E-state index in [-0.39, 0.29) is 18.0 Å². The zero-order valence-corrected chi connectivity index (χ0v) is 9.00. The summed E-state index contributed by atoms with van der Waals surface area (Å²) in [5.74, 6) is 0.425. The number of aldehydes is 1. The van der Waals surface area contributed by atoms with Gasteiger partial charge in [-0.05, 0) is 35.9 Å². The van der Waals surface area contributed by atoms with Gasteiger partial charge in [0.2, 0.25) is 0 Å². The minimum absolute atomic E-state index is 0.234. The van der Waals surface area contributed by atoms with E-state index in [0.717, 1.165) is 0 Å². The fourth-order valence-electron chi connectivity index (χ4n) is 1.42. The second-order valence-corrected chi connectivity index (χ2v) is 3.77. The summed E-state index contributed by atoms with van der Waals surface area (Å²) < 4.78 is 18.5. The lowest BCUT2D eigenvalue weighted by atomic mass is 10.1. The molecule has 2 aromatic rings. The first-order valence-corrected chi connectivity index (χ1v) is 5.04. The van der Waals surface area contributed by atoms with E-state index in [1.807, 2.05) is 0 Å². The second-order valence-electron chi connectivity index (χ2n) is 3.33. The van der Waals surface area contributed by atoms with Gasteiger partial charge in [-0.25, -0.2) is 4.39 Å². The molecule has 0 aliphatic carbocycles. The molecule has 0 spiro atoms. The van der Waals surface area contributed by atoms with Crippen molar-refractivity contribution in [3.8, 4) is 0 Å². The molecular formula is C12H8ClFO2. The molecule has 0 aliphatic rings. The summed E-state index contributed by atoms with van der Waals surface area (Å²) in [5.41, 5.74) is 0.444. The van der Waals surface area contributed by atoms with Gasteiger partial charge in [-0.2, -0.15) is 0 Å². The molecule has 0 atom stereocenters. The van der Waals surface area contributed by atoms with E-state index in [2.05, 4.69) is 0 Å². The standard InChI is InChI=1S/C12H8ClFO2/c13-9-1-4-12(14)8(5-9)6-10-2-3-11(7-15)16-10/h1-5,7H,6H2. The van der Waals surface area contributed by atoms with Crippen LogP contribution in [0, 0.1) is 5.82 Å². The van der Waals surface area contributed by atoms with Crippen LogP contribution < -0.4 is 0 Å². The summed E-state index contributed by atoms with van der Waals surface area (Å²) in [6.45, 7) is 0. The fourth-order valence-corrected chi connectivity index (χ4v) is 1.61. The van der Waals surface area contributed by atoms with Crippen molar-refractivity contribution in [1.82, 2.24) is 0 Å². The van der Waals surface area contributed by atoms with Crippen LogP contribution in [-0.4, -0.2) is 6.29 Å². The van der Waals surface area contributed by atoms with Crippen LogP contribution in [-0.2, 0) is 6.42 Å². The van der Waals surface area contributed by atoms with Crippen molar-refractivity contribution < 1.29 is 13.6 Å². The molecule has 0 saturated heterocycles. The topological polar surface area (TPSA) is 30.2 Å². The van der Waals surface area contributed by atoms with Crippen LogP contribution in [0.25, 0.3) is 0 Å². The fraction of sp³-hybridized carbons (Fsp3) is 0.0833. The molecule has 0 amide bonds. The van der Waals surface area contributed by atoms with Crippen LogP contribution in [0.2, 0.25) is 5.02 Å². The van der Waals surface area contributed by atoms with Gasteiger partial charge < -0.3 is 4.42 Å². The monoisotopic (exact) mass is 238 g/mol. The lowest BCUT2D eigenvalue weighted by Crippen LogP contribution is -1.91.